The molecule has 0 aliphatic heterocycles. The highest BCUT2D eigenvalue weighted by atomic mass is 32.2. The highest BCUT2D eigenvalue weighted by Gasteiger charge is 2.17. The molecule has 0 aliphatic rings. The predicted octanol–water partition coefficient (Wildman–Crippen LogP) is 1.64. The first-order chi connectivity index (χ1) is 11.2. The molecule has 6 nitrogen and oxygen atoms in total. The van der Waals surface area contributed by atoms with Crippen LogP contribution in [0.5, 0.6) is 0 Å². The third-order valence-corrected chi connectivity index (χ3v) is 4.50. The molecule has 2 aromatic heterocycles. The second-order valence-electron chi connectivity index (χ2n) is 5.14. The number of imidazole rings is 1. The molecular weight excluding hydrogens is 314 g/mol. The average Bonchev–Trinajstić information content (AvgIpc) is 3.04. The lowest BCUT2D eigenvalue weighted by Gasteiger charge is -2.16. The van der Waals surface area contributed by atoms with Crippen LogP contribution in [0, 0.1) is 0 Å². The number of nitrogens with zero attached hydrogens (tertiary/aromatic N) is 2. The van der Waals surface area contributed by atoms with Gasteiger partial charge in [0.1, 0.15) is 5.82 Å². The summed E-state index contributed by atoms with van der Waals surface area (Å²) in [5, 5.41) is 19.6. The van der Waals surface area contributed by atoms with Crippen LogP contribution in [0.1, 0.15) is 6.04 Å². The van der Waals surface area contributed by atoms with Crippen molar-refractivity contribution >= 4 is 22.7 Å². The molecule has 23 heavy (non-hydrogen) atoms. The minimum atomic E-state index is -0.526. The van der Waals surface area contributed by atoms with Crippen molar-refractivity contribution in [2.24, 2.45) is 0 Å². The Bertz CT molecular complexity index is 884. The molecule has 0 radical (unpaired) electrons. The summed E-state index contributed by atoms with van der Waals surface area (Å²) in [5.41, 5.74) is 0.925. The number of rotatable bonds is 5. The summed E-state index contributed by atoms with van der Waals surface area (Å²) in [6.45, 7) is -0.467. The quantitative estimate of drug-likeness (QED) is 0.618. The van der Waals surface area contributed by atoms with E-state index in [1.54, 1.807) is 34.8 Å². The van der Waals surface area contributed by atoms with E-state index < -0.39 is 6.04 Å². The van der Waals surface area contributed by atoms with Crippen LogP contribution < -0.4 is 5.56 Å². The highest BCUT2D eigenvalue weighted by Crippen LogP contribution is 2.24. The molecule has 3 rings (SSSR count). The first-order valence-electron chi connectivity index (χ1n) is 7.14. The molecule has 0 aliphatic carbocycles. The van der Waals surface area contributed by atoms with Gasteiger partial charge in [-0.1, -0.05) is 6.07 Å². The summed E-state index contributed by atoms with van der Waals surface area (Å²) in [6.07, 6.45) is 5.18. The fourth-order valence-corrected chi connectivity index (χ4v) is 2.96. The van der Waals surface area contributed by atoms with Crippen LogP contribution in [0.2, 0.25) is 0 Å². The highest BCUT2D eigenvalue weighted by molar-refractivity contribution is 7.98. The van der Waals surface area contributed by atoms with E-state index in [1.165, 1.54) is 0 Å². The van der Waals surface area contributed by atoms with Crippen LogP contribution in [0.4, 0.5) is 0 Å². The van der Waals surface area contributed by atoms with Gasteiger partial charge in [-0.25, -0.2) is 4.98 Å². The number of fused-ring (bicyclic) bond motifs is 1. The molecule has 0 atom stereocenters. The van der Waals surface area contributed by atoms with Crippen LogP contribution >= 0.6 is 11.8 Å². The van der Waals surface area contributed by atoms with Crippen molar-refractivity contribution in [2.45, 2.75) is 10.9 Å². The third kappa shape index (κ3) is 2.90. The number of thioether (sulfide) groups is 1. The molecule has 0 fully saturated rings. The number of H-pyrrole nitrogens is 1. The number of hydrogen-bond acceptors (Lipinski definition) is 5. The minimum Gasteiger partial charge on any atom is -0.394 e. The first-order valence-corrected chi connectivity index (χ1v) is 8.36. The van der Waals surface area contributed by atoms with E-state index in [2.05, 4.69) is 9.97 Å². The molecule has 7 heteroatoms. The molecule has 0 bridgehead atoms. The van der Waals surface area contributed by atoms with Gasteiger partial charge in [-0.2, -0.15) is 0 Å². The van der Waals surface area contributed by atoms with E-state index in [-0.39, 0.29) is 18.8 Å². The number of aliphatic hydroxyl groups is 2. The SMILES string of the molecule is CSc1ccc2cc(-c3nccn3C(CO)CO)c(=O)[nH]c2c1. The number of aromatic nitrogens is 3. The smallest absolute Gasteiger partial charge is 0.259 e. The van der Waals surface area contributed by atoms with E-state index in [1.807, 2.05) is 24.5 Å². The van der Waals surface area contributed by atoms with Gasteiger partial charge in [0.15, 0.2) is 0 Å². The lowest BCUT2D eigenvalue weighted by atomic mass is 10.1. The predicted molar refractivity (Wildman–Crippen MR) is 90.8 cm³/mol. The molecule has 2 heterocycles. The molecule has 0 spiro atoms. The summed E-state index contributed by atoms with van der Waals surface area (Å²) in [5.74, 6) is 0.426. The van der Waals surface area contributed by atoms with Gasteiger partial charge in [-0.05, 0) is 29.8 Å². The van der Waals surface area contributed by atoms with Crippen molar-refractivity contribution in [3.8, 4) is 11.4 Å². The Morgan fingerprint density at radius 1 is 1.30 bits per heavy atom. The fourth-order valence-electron chi connectivity index (χ4n) is 2.52. The van der Waals surface area contributed by atoms with Crippen LogP contribution in [-0.2, 0) is 0 Å². The van der Waals surface area contributed by atoms with Crippen molar-refractivity contribution in [1.82, 2.24) is 14.5 Å². The Kier molecular flexibility index (Phi) is 4.51. The monoisotopic (exact) mass is 331 g/mol. The van der Waals surface area contributed by atoms with Crippen LogP contribution in [0.3, 0.4) is 0 Å². The van der Waals surface area contributed by atoms with Crippen molar-refractivity contribution in [1.29, 1.82) is 0 Å². The number of aliphatic hydroxyl groups excluding tert-OH is 2. The zero-order chi connectivity index (χ0) is 16.4. The van der Waals surface area contributed by atoms with Crippen LogP contribution in [0.25, 0.3) is 22.3 Å². The van der Waals surface area contributed by atoms with Gasteiger partial charge in [0, 0.05) is 22.8 Å². The first kappa shape index (κ1) is 15.8. The largest absolute Gasteiger partial charge is 0.394 e. The zero-order valence-corrected chi connectivity index (χ0v) is 13.4. The molecule has 120 valence electrons. The van der Waals surface area contributed by atoms with E-state index in [0.29, 0.717) is 11.4 Å². The van der Waals surface area contributed by atoms with E-state index in [0.717, 1.165) is 15.8 Å². The van der Waals surface area contributed by atoms with Crippen LogP contribution in [0.15, 0.2) is 46.3 Å². The molecule has 3 aromatic rings. The molecule has 0 unspecified atom stereocenters. The van der Waals surface area contributed by atoms with Gasteiger partial charge in [-0.15, -0.1) is 11.8 Å². The number of hydrogen-bond donors (Lipinski definition) is 3. The third-order valence-electron chi connectivity index (χ3n) is 3.78. The van der Waals surface area contributed by atoms with E-state index >= 15 is 0 Å². The second-order valence-corrected chi connectivity index (χ2v) is 6.02. The van der Waals surface area contributed by atoms with Crippen LogP contribution in [-0.4, -0.2) is 44.2 Å². The topological polar surface area (TPSA) is 91.1 Å². The lowest BCUT2D eigenvalue weighted by Crippen LogP contribution is -2.20. The zero-order valence-electron chi connectivity index (χ0n) is 12.6. The number of aromatic amines is 1. The fraction of sp³-hybridized carbons (Fsp3) is 0.250. The molecule has 0 amide bonds. The lowest BCUT2D eigenvalue weighted by molar-refractivity contribution is 0.155. The summed E-state index contributed by atoms with van der Waals surface area (Å²) in [6, 6.07) is 7.13. The maximum atomic E-state index is 12.4. The van der Waals surface area contributed by atoms with Gasteiger partial charge in [-0.3, -0.25) is 4.79 Å². The van der Waals surface area contributed by atoms with Gasteiger partial charge < -0.3 is 19.8 Å². The number of benzene rings is 1. The van der Waals surface area contributed by atoms with E-state index in [9.17, 15) is 15.0 Å². The Balaban J connectivity index is 2.16. The molecule has 1 aromatic carbocycles. The Morgan fingerprint density at radius 3 is 2.78 bits per heavy atom. The standard InChI is InChI=1S/C16H17N3O3S/c1-23-12-3-2-10-6-13(16(22)18-14(10)7-12)15-17-4-5-19(15)11(8-20)9-21/h2-7,11,20-21H,8-9H2,1H3,(H,18,22). The maximum absolute atomic E-state index is 12.4. The normalized spacial score (nSPS) is 11.5. The Hall–Kier alpha value is -2.09. The van der Waals surface area contributed by atoms with Crippen molar-refractivity contribution < 1.29 is 10.2 Å². The van der Waals surface area contributed by atoms with E-state index in [4.69, 9.17) is 0 Å². The summed E-state index contributed by atoms with van der Waals surface area (Å²) in [4.78, 5) is 20.6. The number of nitrogens with one attached hydrogen (secondary N) is 1. The molecule has 3 N–H and O–H groups in total. The Labute approximate surface area is 136 Å². The summed E-state index contributed by atoms with van der Waals surface area (Å²) >= 11 is 1.61. The van der Waals surface area contributed by atoms with Gasteiger partial charge in [0.05, 0.1) is 24.8 Å². The van der Waals surface area contributed by atoms with Crippen molar-refractivity contribution in [3.05, 3.63) is 47.0 Å². The van der Waals surface area contributed by atoms with Gasteiger partial charge in [0.25, 0.3) is 5.56 Å². The minimum absolute atomic E-state index is 0.234. The van der Waals surface area contributed by atoms with Crippen molar-refractivity contribution in [3.63, 3.8) is 0 Å². The molecule has 0 saturated heterocycles. The van der Waals surface area contributed by atoms with Gasteiger partial charge >= 0.3 is 0 Å². The average molecular weight is 331 g/mol. The number of pyridine rings is 1. The summed E-state index contributed by atoms with van der Waals surface area (Å²) < 4.78 is 1.62. The molecule has 0 saturated carbocycles. The van der Waals surface area contributed by atoms with Crippen molar-refractivity contribution in [2.75, 3.05) is 19.5 Å². The van der Waals surface area contributed by atoms with Gasteiger partial charge in [0.2, 0.25) is 0 Å². The summed E-state index contributed by atoms with van der Waals surface area (Å²) in [7, 11) is 0. The second kappa shape index (κ2) is 6.57. The molecular formula is C16H17N3O3S. The Morgan fingerprint density at radius 2 is 2.09 bits per heavy atom. The maximum Gasteiger partial charge on any atom is 0.259 e.